The van der Waals surface area contributed by atoms with Crippen LogP contribution in [0.2, 0.25) is 5.02 Å². The van der Waals surface area contributed by atoms with Gasteiger partial charge in [0.1, 0.15) is 5.75 Å². The second-order valence-electron chi connectivity index (χ2n) is 4.74. The van der Waals surface area contributed by atoms with E-state index in [0.29, 0.717) is 23.0 Å². The second-order valence-corrected chi connectivity index (χ2v) is 5.17. The van der Waals surface area contributed by atoms with E-state index in [0.717, 1.165) is 5.56 Å². The number of carbonyl (C=O) groups is 1. The fourth-order valence-electron chi connectivity index (χ4n) is 1.84. The minimum absolute atomic E-state index is 0.0134. The number of hydrogen-bond donors (Lipinski definition) is 1. The number of benzene rings is 2. The van der Waals surface area contributed by atoms with E-state index in [4.69, 9.17) is 22.1 Å². The maximum absolute atomic E-state index is 12.0. The number of rotatable bonds is 5. The molecule has 0 aliphatic rings. The number of carbonyl (C=O) groups excluding carboxylic acids is 1. The Morgan fingerprint density at radius 3 is 2.62 bits per heavy atom. The Labute approximate surface area is 129 Å². The van der Waals surface area contributed by atoms with Gasteiger partial charge in [-0.15, -0.1) is 0 Å². The van der Waals surface area contributed by atoms with Crippen LogP contribution < -0.4 is 10.5 Å². The molecule has 0 saturated heterocycles. The average molecular weight is 305 g/mol. The number of likely N-dealkylation sites (N-methyl/N-ethyl adjacent to an activating group) is 1. The summed E-state index contributed by atoms with van der Waals surface area (Å²) in [6, 6.07) is 14.4. The zero-order valence-electron chi connectivity index (χ0n) is 11.8. The number of nitrogens with zero attached hydrogens (tertiary/aromatic N) is 1. The van der Waals surface area contributed by atoms with Crippen molar-refractivity contribution < 1.29 is 9.53 Å². The molecule has 0 heterocycles. The van der Waals surface area contributed by atoms with Gasteiger partial charge in [-0.25, -0.2) is 0 Å². The van der Waals surface area contributed by atoms with Crippen LogP contribution in [0.5, 0.6) is 5.75 Å². The molecule has 2 aromatic rings. The summed E-state index contributed by atoms with van der Waals surface area (Å²) >= 11 is 5.79. The molecule has 110 valence electrons. The van der Waals surface area contributed by atoms with E-state index < -0.39 is 0 Å². The Hall–Kier alpha value is -2.20. The lowest BCUT2D eigenvalue weighted by atomic mass is 10.2. The second kappa shape index (κ2) is 6.99. The van der Waals surface area contributed by atoms with E-state index >= 15 is 0 Å². The molecule has 2 N–H and O–H groups in total. The fraction of sp³-hybridized carbons (Fsp3) is 0.188. The van der Waals surface area contributed by atoms with Crippen LogP contribution in [0.25, 0.3) is 0 Å². The molecule has 0 saturated carbocycles. The smallest absolute Gasteiger partial charge is 0.260 e. The third-order valence-electron chi connectivity index (χ3n) is 2.97. The van der Waals surface area contributed by atoms with Crippen LogP contribution in [0.3, 0.4) is 0 Å². The molecule has 21 heavy (non-hydrogen) atoms. The number of anilines is 1. The maximum atomic E-state index is 12.0. The van der Waals surface area contributed by atoms with Crippen molar-refractivity contribution in [2.24, 2.45) is 0 Å². The topological polar surface area (TPSA) is 55.6 Å². The van der Waals surface area contributed by atoms with Gasteiger partial charge in [0.2, 0.25) is 0 Å². The quantitative estimate of drug-likeness (QED) is 0.864. The first kappa shape index (κ1) is 15.2. The first-order valence-corrected chi connectivity index (χ1v) is 6.89. The summed E-state index contributed by atoms with van der Waals surface area (Å²) in [7, 11) is 1.73. The molecule has 0 fully saturated rings. The summed E-state index contributed by atoms with van der Waals surface area (Å²) in [5, 5.41) is 0.632. The Bertz CT molecular complexity index is 614. The molecule has 0 aliphatic heterocycles. The van der Waals surface area contributed by atoms with Crippen molar-refractivity contribution in [3.63, 3.8) is 0 Å². The van der Waals surface area contributed by atoms with Gasteiger partial charge in [0, 0.05) is 24.3 Å². The van der Waals surface area contributed by atoms with E-state index in [-0.39, 0.29) is 12.5 Å². The zero-order valence-corrected chi connectivity index (χ0v) is 12.5. The largest absolute Gasteiger partial charge is 0.484 e. The van der Waals surface area contributed by atoms with E-state index in [1.807, 2.05) is 24.3 Å². The standard InChI is InChI=1S/C16H17ClN2O2/c1-19(10-12-3-2-4-14(18)9-12)16(20)11-21-15-7-5-13(17)6-8-15/h2-9H,10-11,18H2,1H3. The van der Waals surface area contributed by atoms with Gasteiger partial charge in [0.15, 0.2) is 6.61 Å². The van der Waals surface area contributed by atoms with Crippen LogP contribution in [0.1, 0.15) is 5.56 Å². The molecule has 1 amide bonds. The van der Waals surface area contributed by atoms with Gasteiger partial charge in [-0.1, -0.05) is 23.7 Å². The minimum Gasteiger partial charge on any atom is -0.484 e. The molecule has 0 unspecified atom stereocenters. The molecule has 0 radical (unpaired) electrons. The summed E-state index contributed by atoms with van der Waals surface area (Å²) in [5.74, 6) is 0.512. The Balaban J connectivity index is 1.86. The predicted octanol–water partition coefficient (Wildman–Crippen LogP) is 2.96. The molecule has 2 rings (SSSR count). The lowest BCUT2D eigenvalue weighted by molar-refractivity contribution is -0.132. The highest BCUT2D eigenvalue weighted by Gasteiger charge is 2.10. The molecule has 5 heteroatoms. The van der Waals surface area contributed by atoms with Gasteiger partial charge in [-0.05, 0) is 42.0 Å². The third-order valence-corrected chi connectivity index (χ3v) is 3.22. The van der Waals surface area contributed by atoms with Crippen LogP contribution in [-0.2, 0) is 11.3 Å². The van der Waals surface area contributed by atoms with E-state index in [9.17, 15) is 4.79 Å². The molecular formula is C16H17ClN2O2. The molecule has 0 aliphatic carbocycles. The van der Waals surface area contributed by atoms with Gasteiger partial charge in [0.25, 0.3) is 5.91 Å². The van der Waals surface area contributed by atoms with Crippen LogP contribution >= 0.6 is 11.6 Å². The molecular weight excluding hydrogens is 288 g/mol. The number of hydrogen-bond acceptors (Lipinski definition) is 3. The van der Waals surface area contributed by atoms with Gasteiger partial charge in [-0.3, -0.25) is 4.79 Å². The highest BCUT2D eigenvalue weighted by Crippen LogP contribution is 2.15. The van der Waals surface area contributed by atoms with Crippen molar-refractivity contribution in [1.29, 1.82) is 0 Å². The van der Waals surface area contributed by atoms with Crippen molar-refractivity contribution >= 4 is 23.2 Å². The number of ether oxygens (including phenoxy) is 1. The van der Waals surface area contributed by atoms with Gasteiger partial charge in [0.05, 0.1) is 0 Å². The lowest BCUT2D eigenvalue weighted by Crippen LogP contribution is -2.30. The monoisotopic (exact) mass is 304 g/mol. The first-order chi connectivity index (χ1) is 10.0. The molecule has 0 aromatic heterocycles. The van der Waals surface area contributed by atoms with E-state index in [2.05, 4.69) is 0 Å². The van der Waals surface area contributed by atoms with Crippen molar-refractivity contribution in [3.8, 4) is 5.75 Å². The lowest BCUT2D eigenvalue weighted by Gasteiger charge is -2.17. The highest BCUT2D eigenvalue weighted by molar-refractivity contribution is 6.30. The Morgan fingerprint density at radius 1 is 1.24 bits per heavy atom. The van der Waals surface area contributed by atoms with Crippen LogP contribution in [-0.4, -0.2) is 24.5 Å². The maximum Gasteiger partial charge on any atom is 0.260 e. The Kier molecular flexibility index (Phi) is 5.06. The fourth-order valence-corrected chi connectivity index (χ4v) is 1.97. The number of amides is 1. The highest BCUT2D eigenvalue weighted by atomic mass is 35.5. The summed E-state index contributed by atoms with van der Waals surface area (Å²) < 4.78 is 5.43. The Morgan fingerprint density at radius 2 is 1.95 bits per heavy atom. The van der Waals surface area contributed by atoms with Gasteiger partial charge >= 0.3 is 0 Å². The number of nitrogen functional groups attached to an aromatic ring is 1. The van der Waals surface area contributed by atoms with Crippen molar-refractivity contribution in [2.75, 3.05) is 19.4 Å². The van der Waals surface area contributed by atoms with Crippen LogP contribution in [0, 0.1) is 0 Å². The van der Waals surface area contributed by atoms with E-state index in [1.165, 1.54) is 0 Å². The molecule has 4 nitrogen and oxygen atoms in total. The number of halogens is 1. The van der Waals surface area contributed by atoms with Crippen LogP contribution in [0.15, 0.2) is 48.5 Å². The SMILES string of the molecule is CN(Cc1cccc(N)c1)C(=O)COc1ccc(Cl)cc1. The van der Waals surface area contributed by atoms with E-state index in [1.54, 1.807) is 36.2 Å². The van der Waals surface area contributed by atoms with Gasteiger partial charge in [-0.2, -0.15) is 0 Å². The van der Waals surface area contributed by atoms with Crippen molar-refractivity contribution in [3.05, 3.63) is 59.1 Å². The summed E-state index contributed by atoms with van der Waals surface area (Å²) in [4.78, 5) is 13.6. The van der Waals surface area contributed by atoms with Crippen LogP contribution in [0.4, 0.5) is 5.69 Å². The third kappa shape index (κ3) is 4.68. The van der Waals surface area contributed by atoms with Crippen molar-refractivity contribution in [2.45, 2.75) is 6.54 Å². The molecule has 0 bridgehead atoms. The summed E-state index contributed by atoms with van der Waals surface area (Å²) in [5.41, 5.74) is 7.39. The zero-order chi connectivity index (χ0) is 15.2. The molecule has 0 spiro atoms. The number of nitrogens with two attached hydrogens (primary N) is 1. The summed E-state index contributed by atoms with van der Waals surface area (Å²) in [6.45, 7) is 0.480. The molecule has 2 aromatic carbocycles. The normalized spacial score (nSPS) is 10.2. The molecule has 0 atom stereocenters. The first-order valence-electron chi connectivity index (χ1n) is 6.51. The summed E-state index contributed by atoms with van der Waals surface area (Å²) in [6.07, 6.45) is 0. The average Bonchev–Trinajstić information content (AvgIpc) is 2.46. The van der Waals surface area contributed by atoms with Crippen molar-refractivity contribution in [1.82, 2.24) is 4.90 Å². The predicted molar refractivity (Wildman–Crippen MR) is 84.3 cm³/mol. The minimum atomic E-state index is -0.104. The van der Waals surface area contributed by atoms with Gasteiger partial charge < -0.3 is 15.4 Å².